The number of imidazole rings is 1. The molecular weight excluding hydrogens is 534 g/mol. The summed E-state index contributed by atoms with van der Waals surface area (Å²) in [6.45, 7) is 7.05. The minimum absolute atomic E-state index is 0.113. The Kier molecular flexibility index (Phi) is 10.7. The van der Waals surface area contributed by atoms with Gasteiger partial charge in [0.15, 0.2) is 11.5 Å². The van der Waals surface area contributed by atoms with E-state index in [9.17, 15) is 13.8 Å². The fourth-order valence-corrected chi connectivity index (χ4v) is 6.08. The Morgan fingerprint density at radius 3 is 2.73 bits per heavy atom. The van der Waals surface area contributed by atoms with Crippen LogP contribution in [0.25, 0.3) is 11.2 Å². The number of aromatic amines is 1. The Hall–Kier alpha value is -3.29. The van der Waals surface area contributed by atoms with Gasteiger partial charge in [-0.25, -0.2) is 13.3 Å². The van der Waals surface area contributed by atoms with E-state index in [0.29, 0.717) is 60.7 Å². The van der Waals surface area contributed by atoms with E-state index >= 15 is 0 Å². The molecule has 0 radical (unpaired) electrons. The number of nitrogens with zero attached hydrogens (tertiary/aromatic N) is 5. The molecule has 4 N–H and O–H groups in total. The summed E-state index contributed by atoms with van der Waals surface area (Å²) in [4.78, 5) is 38.1. The number of H-pyrrole nitrogens is 1. The van der Waals surface area contributed by atoms with E-state index < -0.39 is 17.0 Å². The van der Waals surface area contributed by atoms with Crippen molar-refractivity contribution < 1.29 is 18.8 Å². The molecule has 1 saturated heterocycles. The number of hydrogen-bond acceptors (Lipinski definition) is 8. The van der Waals surface area contributed by atoms with Crippen LogP contribution in [0.1, 0.15) is 51.0 Å². The van der Waals surface area contributed by atoms with Crippen molar-refractivity contribution >= 4 is 33.9 Å². The highest BCUT2D eigenvalue weighted by atomic mass is 32.2. The normalized spacial score (nSPS) is 14.8. The van der Waals surface area contributed by atoms with Crippen LogP contribution in [-0.2, 0) is 28.7 Å². The number of rotatable bonds is 16. The van der Waals surface area contributed by atoms with Gasteiger partial charge in [-0.1, -0.05) is 25.5 Å². The summed E-state index contributed by atoms with van der Waals surface area (Å²) >= 11 is 0. The van der Waals surface area contributed by atoms with E-state index in [1.807, 2.05) is 4.31 Å². The van der Waals surface area contributed by atoms with Crippen LogP contribution in [0.5, 0.6) is 6.01 Å². The SMILES string of the molecule is CCCCOc1nc(N)c2[nH]c(=O)n(CCCCN(CCN3CCCC3)S(=O)c3cccc(CC(=O)O)c3)c2n1. The zero-order chi connectivity index (χ0) is 28.5. The Labute approximate surface area is 236 Å². The van der Waals surface area contributed by atoms with Crippen molar-refractivity contribution in [3.8, 4) is 6.01 Å². The molecule has 0 saturated carbocycles. The number of carboxylic acids is 1. The van der Waals surface area contributed by atoms with Crippen molar-refractivity contribution in [1.82, 2.24) is 28.7 Å². The molecule has 0 aliphatic carbocycles. The van der Waals surface area contributed by atoms with Crippen molar-refractivity contribution in [2.45, 2.75) is 63.3 Å². The standard InChI is InChI=1S/C27H39N7O5S/c1-2-3-17-39-26-30-24(28)23-25(31-26)34(27(37)29-23)14-7-6-13-33(16-15-32-11-4-5-12-32)40(38)21-10-8-9-20(18-21)19-22(35)36/h8-10,18H,2-7,11-17,19H2,1H3,(H,29,37)(H,35,36)(H2,28,30,31). The fraction of sp³-hybridized carbons (Fsp3) is 0.556. The van der Waals surface area contributed by atoms with Gasteiger partial charge in [0.2, 0.25) is 0 Å². The molecule has 1 aliphatic heterocycles. The zero-order valence-corrected chi connectivity index (χ0v) is 23.8. The quantitative estimate of drug-likeness (QED) is 0.219. The first-order valence-corrected chi connectivity index (χ1v) is 15.0. The van der Waals surface area contributed by atoms with E-state index in [-0.39, 0.29) is 23.9 Å². The summed E-state index contributed by atoms with van der Waals surface area (Å²) < 4.78 is 22.7. The third-order valence-electron chi connectivity index (χ3n) is 6.95. The van der Waals surface area contributed by atoms with Crippen LogP contribution in [0.4, 0.5) is 5.82 Å². The molecule has 0 amide bonds. The summed E-state index contributed by atoms with van der Waals surface area (Å²) in [7, 11) is -1.44. The number of fused-ring (bicyclic) bond motifs is 1. The van der Waals surface area contributed by atoms with Crippen LogP contribution in [0.2, 0.25) is 0 Å². The van der Waals surface area contributed by atoms with Crippen molar-refractivity contribution in [3.05, 3.63) is 40.3 Å². The predicted octanol–water partition coefficient (Wildman–Crippen LogP) is 2.41. The first-order valence-electron chi connectivity index (χ1n) is 13.9. The minimum atomic E-state index is -1.44. The number of aliphatic carboxylic acids is 1. The topological polar surface area (TPSA) is 160 Å². The maximum absolute atomic E-state index is 13.6. The summed E-state index contributed by atoms with van der Waals surface area (Å²) in [6, 6.07) is 7.13. The van der Waals surface area contributed by atoms with Crippen LogP contribution in [0, 0.1) is 0 Å². The molecular formula is C27H39N7O5S. The van der Waals surface area contributed by atoms with E-state index in [0.717, 1.165) is 32.5 Å². The molecule has 2 aromatic heterocycles. The molecule has 40 heavy (non-hydrogen) atoms. The highest BCUT2D eigenvalue weighted by Gasteiger charge is 2.20. The summed E-state index contributed by atoms with van der Waals surface area (Å²) in [5, 5.41) is 9.16. The van der Waals surface area contributed by atoms with Gasteiger partial charge < -0.3 is 25.5 Å². The molecule has 0 spiro atoms. The van der Waals surface area contributed by atoms with Gasteiger partial charge >= 0.3 is 17.7 Å². The first-order chi connectivity index (χ1) is 19.4. The fourth-order valence-electron chi connectivity index (χ4n) is 4.79. The zero-order valence-electron chi connectivity index (χ0n) is 23.0. The number of likely N-dealkylation sites (tertiary alicyclic amines) is 1. The second-order valence-electron chi connectivity index (χ2n) is 10.0. The number of benzene rings is 1. The number of nitrogen functional groups attached to an aromatic ring is 1. The highest BCUT2D eigenvalue weighted by Crippen LogP contribution is 2.19. The van der Waals surface area contributed by atoms with Gasteiger partial charge in [0.25, 0.3) is 0 Å². The molecule has 0 bridgehead atoms. The van der Waals surface area contributed by atoms with Crippen molar-refractivity contribution in [3.63, 3.8) is 0 Å². The molecule has 4 rings (SSSR count). The lowest BCUT2D eigenvalue weighted by molar-refractivity contribution is -0.136. The van der Waals surface area contributed by atoms with Crippen LogP contribution in [0.15, 0.2) is 34.0 Å². The van der Waals surface area contributed by atoms with Gasteiger partial charge in [0.05, 0.1) is 17.9 Å². The van der Waals surface area contributed by atoms with E-state index in [4.69, 9.17) is 15.6 Å². The van der Waals surface area contributed by atoms with Crippen LogP contribution in [0.3, 0.4) is 0 Å². The van der Waals surface area contributed by atoms with E-state index in [1.165, 1.54) is 12.8 Å². The Bertz CT molecular complexity index is 1370. The van der Waals surface area contributed by atoms with Gasteiger partial charge in [0.1, 0.15) is 16.5 Å². The highest BCUT2D eigenvalue weighted by molar-refractivity contribution is 7.82. The summed E-state index contributed by atoms with van der Waals surface area (Å²) in [5.74, 6) is -0.756. The number of hydrogen-bond donors (Lipinski definition) is 3. The number of carboxylic acid groups (broad SMARTS) is 1. The average molecular weight is 574 g/mol. The molecule has 1 fully saturated rings. The number of nitrogens with one attached hydrogen (secondary N) is 1. The van der Waals surface area contributed by atoms with Crippen LogP contribution < -0.4 is 16.2 Å². The molecule has 12 nitrogen and oxygen atoms in total. The monoisotopic (exact) mass is 573 g/mol. The van der Waals surface area contributed by atoms with Crippen LogP contribution in [-0.4, -0.2) is 83.3 Å². The molecule has 13 heteroatoms. The summed E-state index contributed by atoms with van der Waals surface area (Å²) in [6.07, 6.45) is 5.43. The Morgan fingerprint density at radius 2 is 1.98 bits per heavy atom. The third-order valence-corrected chi connectivity index (χ3v) is 8.44. The van der Waals surface area contributed by atoms with Crippen LogP contribution >= 0.6 is 0 Å². The molecule has 3 heterocycles. The number of unbranched alkanes of at least 4 members (excludes halogenated alkanes) is 2. The first kappa shape index (κ1) is 29.7. The lowest BCUT2D eigenvalue weighted by Crippen LogP contribution is -2.36. The smallest absolute Gasteiger partial charge is 0.327 e. The maximum Gasteiger partial charge on any atom is 0.327 e. The van der Waals surface area contributed by atoms with Crippen molar-refractivity contribution in [1.29, 1.82) is 0 Å². The lowest BCUT2D eigenvalue weighted by atomic mass is 10.2. The number of carbonyl (C=O) groups is 1. The number of aryl methyl sites for hydroxylation is 1. The number of ether oxygens (including phenoxy) is 1. The van der Waals surface area contributed by atoms with Gasteiger partial charge in [0, 0.05) is 26.2 Å². The number of nitrogens with two attached hydrogens (primary N) is 1. The molecule has 3 aromatic rings. The lowest BCUT2D eigenvalue weighted by Gasteiger charge is -2.24. The largest absolute Gasteiger partial charge is 0.481 e. The summed E-state index contributed by atoms with van der Waals surface area (Å²) in [5.41, 5.74) is 7.17. The van der Waals surface area contributed by atoms with Gasteiger partial charge in [-0.15, -0.1) is 0 Å². The number of aromatic nitrogens is 4. The van der Waals surface area contributed by atoms with E-state index in [1.54, 1.807) is 28.8 Å². The molecule has 1 aromatic carbocycles. The minimum Gasteiger partial charge on any atom is -0.481 e. The van der Waals surface area contributed by atoms with Crippen molar-refractivity contribution in [2.24, 2.45) is 0 Å². The van der Waals surface area contributed by atoms with Gasteiger partial charge in [-0.05, 0) is 62.9 Å². The van der Waals surface area contributed by atoms with Gasteiger partial charge in [-0.3, -0.25) is 9.36 Å². The predicted molar refractivity (Wildman–Crippen MR) is 154 cm³/mol. The second-order valence-corrected chi connectivity index (χ2v) is 11.5. The molecule has 1 aliphatic rings. The number of anilines is 1. The molecule has 1 unspecified atom stereocenters. The maximum atomic E-state index is 13.6. The molecule has 1 atom stereocenters. The van der Waals surface area contributed by atoms with Gasteiger partial charge in [-0.2, -0.15) is 9.97 Å². The average Bonchev–Trinajstić information content (AvgIpc) is 3.56. The Morgan fingerprint density at radius 1 is 1.18 bits per heavy atom. The molecule has 218 valence electrons. The Balaban J connectivity index is 1.42. The second kappa shape index (κ2) is 14.4. The third kappa shape index (κ3) is 7.89. The van der Waals surface area contributed by atoms with E-state index in [2.05, 4.69) is 26.8 Å². The van der Waals surface area contributed by atoms with Crippen molar-refractivity contribution in [2.75, 3.05) is 45.1 Å².